The van der Waals surface area contributed by atoms with E-state index in [0.29, 0.717) is 17.0 Å². The molecule has 1 aromatic carbocycles. The monoisotopic (exact) mass is 320 g/mol. The molecule has 2 aliphatic heterocycles. The van der Waals surface area contributed by atoms with Gasteiger partial charge in [-0.1, -0.05) is 23.7 Å². The van der Waals surface area contributed by atoms with E-state index < -0.39 is 5.97 Å². The maximum atomic E-state index is 12.2. The number of benzene rings is 1. The summed E-state index contributed by atoms with van der Waals surface area (Å²) >= 11 is 5.95. The van der Waals surface area contributed by atoms with Gasteiger partial charge in [0, 0.05) is 23.2 Å². The molecule has 0 radical (unpaired) electrons. The van der Waals surface area contributed by atoms with E-state index in [4.69, 9.17) is 16.3 Å². The molecule has 1 saturated heterocycles. The van der Waals surface area contributed by atoms with Crippen LogP contribution in [0.1, 0.15) is 31.9 Å². The Morgan fingerprint density at radius 3 is 2.55 bits per heavy atom. The van der Waals surface area contributed by atoms with E-state index in [1.165, 1.54) is 12.1 Å². The van der Waals surface area contributed by atoms with E-state index in [2.05, 4.69) is 0 Å². The molecule has 22 heavy (non-hydrogen) atoms. The Morgan fingerprint density at radius 1 is 1.32 bits per heavy atom. The second kappa shape index (κ2) is 5.11. The first-order chi connectivity index (χ1) is 10.3. The second-order valence-electron chi connectivity index (χ2n) is 6.10. The summed E-state index contributed by atoms with van der Waals surface area (Å²) in [6.07, 6.45) is 1.99. The third kappa shape index (κ3) is 2.21. The van der Waals surface area contributed by atoms with Crippen LogP contribution in [0.5, 0.6) is 0 Å². The molecule has 3 rings (SSSR count). The maximum absolute atomic E-state index is 12.2. The average Bonchev–Trinajstić information content (AvgIpc) is 2.97. The summed E-state index contributed by atoms with van der Waals surface area (Å²) < 4.78 is 4.88. The van der Waals surface area contributed by atoms with E-state index in [-0.39, 0.29) is 17.5 Å². The van der Waals surface area contributed by atoms with E-state index in [1.807, 2.05) is 31.0 Å². The number of hydrogen-bond acceptors (Lipinski definition) is 4. The Labute approximate surface area is 134 Å². The zero-order chi connectivity index (χ0) is 16.1. The predicted molar refractivity (Wildman–Crippen MR) is 81.7 cm³/mol. The van der Waals surface area contributed by atoms with Crippen LogP contribution in [0, 0.1) is 0 Å². The first kappa shape index (κ1) is 15.1. The maximum Gasteiger partial charge on any atom is 0.337 e. The zero-order valence-electron chi connectivity index (χ0n) is 12.7. The fourth-order valence-electron chi connectivity index (χ4n) is 3.13. The van der Waals surface area contributed by atoms with Gasteiger partial charge in [0.2, 0.25) is 5.91 Å². The first-order valence-corrected chi connectivity index (χ1v) is 7.40. The van der Waals surface area contributed by atoms with Crippen LogP contribution in [0.25, 0.3) is 0 Å². The van der Waals surface area contributed by atoms with Gasteiger partial charge in [-0.2, -0.15) is 5.01 Å². The largest absolute Gasteiger partial charge is 0.466 e. The van der Waals surface area contributed by atoms with Crippen molar-refractivity contribution in [1.29, 1.82) is 0 Å². The van der Waals surface area contributed by atoms with Gasteiger partial charge >= 0.3 is 5.97 Å². The lowest BCUT2D eigenvalue weighted by molar-refractivity contribution is -0.138. The minimum absolute atomic E-state index is 0.0251. The highest BCUT2D eigenvalue weighted by atomic mass is 35.5. The zero-order valence-corrected chi connectivity index (χ0v) is 13.4. The number of esters is 1. The number of ether oxygens (including phenoxy) is 1. The van der Waals surface area contributed by atoms with Crippen LogP contribution >= 0.6 is 11.6 Å². The molecule has 2 aliphatic rings. The first-order valence-electron chi connectivity index (χ1n) is 7.02. The van der Waals surface area contributed by atoms with Crippen molar-refractivity contribution in [1.82, 2.24) is 10.0 Å². The van der Waals surface area contributed by atoms with Crippen molar-refractivity contribution in [2.24, 2.45) is 0 Å². The molecule has 1 fully saturated rings. The molecule has 0 N–H and O–H groups in total. The molecule has 2 heterocycles. The summed E-state index contributed by atoms with van der Waals surface area (Å²) in [5.74, 6) is -0.458. The number of amides is 1. The van der Waals surface area contributed by atoms with Gasteiger partial charge in [0.15, 0.2) is 0 Å². The highest BCUT2D eigenvalue weighted by molar-refractivity contribution is 6.30. The number of halogens is 1. The second-order valence-corrected chi connectivity index (χ2v) is 6.54. The number of nitrogens with zero attached hydrogens (tertiary/aromatic N) is 2. The van der Waals surface area contributed by atoms with Crippen molar-refractivity contribution in [2.45, 2.75) is 31.8 Å². The standard InChI is InChI=1S/C16H17ClN2O3/c1-16(2)8-13(20)18-9-12(15(21)22-3)14(19(16)18)10-4-6-11(17)7-5-10/h4-7,9,14H,8H2,1-3H3. The fraction of sp³-hybridized carbons (Fsp3) is 0.375. The minimum Gasteiger partial charge on any atom is -0.466 e. The van der Waals surface area contributed by atoms with Crippen molar-refractivity contribution in [2.75, 3.05) is 7.11 Å². The number of hydrazine groups is 1. The van der Waals surface area contributed by atoms with Gasteiger partial charge in [0.25, 0.3) is 0 Å². The minimum atomic E-state index is -0.432. The van der Waals surface area contributed by atoms with Crippen molar-refractivity contribution in [3.05, 3.63) is 46.6 Å². The third-order valence-corrected chi connectivity index (χ3v) is 4.35. The van der Waals surface area contributed by atoms with Crippen LogP contribution in [-0.2, 0) is 14.3 Å². The Bertz CT molecular complexity index is 666. The van der Waals surface area contributed by atoms with Gasteiger partial charge in [-0.05, 0) is 31.5 Å². The smallest absolute Gasteiger partial charge is 0.337 e. The number of fused-ring (bicyclic) bond motifs is 1. The normalized spacial score (nSPS) is 23.5. The SMILES string of the molecule is COC(=O)C1=CN2C(=O)CC(C)(C)N2C1c1ccc(Cl)cc1. The lowest BCUT2D eigenvalue weighted by Gasteiger charge is -2.36. The average molecular weight is 321 g/mol. The Morgan fingerprint density at radius 2 is 1.95 bits per heavy atom. The molecular weight excluding hydrogens is 304 g/mol. The van der Waals surface area contributed by atoms with Crippen LogP contribution in [0.4, 0.5) is 0 Å². The molecule has 1 aromatic rings. The Kier molecular flexibility index (Phi) is 3.50. The summed E-state index contributed by atoms with van der Waals surface area (Å²) in [6.45, 7) is 3.98. The van der Waals surface area contributed by atoms with E-state index >= 15 is 0 Å². The summed E-state index contributed by atoms with van der Waals surface area (Å²) in [5.41, 5.74) is 0.963. The molecule has 0 bridgehead atoms. The summed E-state index contributed by atoms with van der Waals surface area (Å²) in [5, 5.41) is 4.09. The third-order valence-electron chi connectivity index (χ3n) is 4.10. The predicted octanol–water partition coefficient (Wildman–Crippen LogP) is 2.68. The molecule has 1 unspecified atom stereocenters. The Balaban J connectivity index is 2.10. The van der Waals surface area contributed by atoms with Crippen LogP contribution in [-0.4, -0.2) is 34.5 Å². The summed E-state index contributed by atoms with van der Waals surface area (Å²) in [6, 6.07) is 6.93. The summed E-state index contributed by atoms with van der Waals surface area (Å²) in [4.78, 5) is 24.4. The molecule has 0 aliphatic carbocycles. The van der Waals surface area contributed by atoms with Crippen molar-refractivity contribution >= 4 is 23.5 Å². The van der Waals surface area contributed by atoms with Gasteiger partial charge < -0.3 is 4.74 Å². The van der Waals surface area contributed by atoms with Crippen LogP contribution in [0.15, 0.2) is 36.0 Å². The molecule has 0 aromatic heterocycles. The molecule has 6 heteroatoms. The van der Waals surface area contributed by atoms with Crippen molar-refractivity contribution in [3.8, 4) is 0 Å². The van der Waals surface area contributed by atoms with Gasteiger partial charge in [0.05, 0.1) is 18.7 Å². The van der Waals surface area contributed by atoms with E-state index in [1.54, 1.807) is 18.3 Å². The molecule has 1 atom stereocenters. The summed E-state index contributed by atoms with van der Waals surface area (Å²) in [7, 11) is 1.34. The van der Waals surface area contributed by atoms with E-state index in [9.17, 15) is 9.59 Å². The quantitative estimate of drug-likeness (QED) is 0.786. The van der Waals surface area contributed by atoms with Crippen molar-refractivity contribution in [3.63, 3.8) is 0 Å². The fourth-order valence-corrected chi connectivity index (χ4v) is 3.26. The molecular formula is C16H17ClN2O3. The van der Waals surface area contributed by atoms with Crippen LogP contribution < -0.4 is 0 Å². The molecule has 1 amide bonds. The highest BCUT2D eigenvalue weighted by Crippen LogP contribution is 2.46. The number of rotatable bonds is 2. The number of methoxy groups -OCH3 is 1. The lowest BCUT2D eigenvalue weighted by atomic mass is 9.93. The molecule has 5 nitrogen and oxygen atoms in total. The van der Waals surface area contributed by atoms with Gasteiger partial charge in [-0.25, -0.2) is 9.80 Å². The van der Waals surface area contributed by atoms with Gasteiger partial charge in [-0.15, -0.1) is 0 Å². The lowest BCUT2D eigenvalue weighted by Crippen LogP contribution is -2.44. The van der Waals surface area contributed by atoms with E-state index in [0.717, 1.165) is 5.56 Å². The number of carbonyl (C=O) groups excluding carboxylic acids is 2. The van der Waals surface area contributed by atoms with Crippen molar-refractivity contribution < 1.29 is 14.3 Å². The van der Waals surface area contributed by atoms with Crippen LogP contribution in [0.3, 0.4) is 0 Å². The van der Waals surface area contributed by atoms with Crippen LogP contribution in [0.2, 0.25) is 5.02 Å². The molecule has 116 valence electrons. The van der Waals surface area contributed by atoms with Gasteiger partial charge in [0.1, 0.15) is 0 Å². The Hall–Kier alpha value is -1.85. The topological polar surface area (TPSA) is 49.9 Å². The number of hydrogen-bond donors (Lipinski definition) is 0. The molecule has 0 saturated carbocycles. The number of carbonyl (C=O) groups is 2. The molecule has 0 spiro atoms. The highest BCUT2D eigenvalue weighted by Gasteiger charge is 2.53. The van der Waals surface area contributed by atoms with Gasteiger partial charge in [-0.3, -0.25) is 4.79 Å².